The highest BCUT2D eigenvalue weighted by molar-refractivity contribution is 5.90. The Morgan fingerprint density at radius 2 is 1.53 bits per heavy atom. The van der Waals surface area contributed by atoms with Gasteiger partial charge < -0.3 is 69.6 Å². The van der Waals surface area contributed by atoms with E-state index in [1.165, 1.54) is 0 Å². The number of aliphatic hydroxyl groups excluding tert-OH is 9. The number of hydrogen-bond acceptors (Lipinski definition) is 15. The fraction of sp³-hybridized carbons (Fsp3) is 0.875. The summed E-state index contributed by atoms with van der Waals surface area (Å²) in [6, 6.07) is 0. The van der Waals surface area contributed by atoms with Gasteiger partial charge in [-0.3, -0.25) is 0 Å². The molecule has 4 aliphatic carbocycles. The Labute approximate surface area is 321 Å². The molecule has 312 valence electrons. The van der Waals surface area contributed by atoms with E-state index in [1.54, 1.807) is 0 Å². The van der Waals surface area contributed by atoms with Crippen LogP contribution in [-0.2, 0) is 28.5 Å². The molecule has 15 heteroatoms. The number of ether oxygens (including phenoxy) is 5. The van der Waals surface area contributed by atoms with Crippen LogP contribution in [0.3, 0.4) is 0 Å². The van der Waals surface area contributed by atoms with E-state index >= 15 is 0 Å². The zero-order valence-electron chi connectivity index (χ0n) is 32.2. The second kappa shape index (κ2) is 15.9. The van der Waals surface area contributed by atoms with E-state index in [-0.39, 0.29) is 36.4 Å². The van der Waals surface area contributed by atoms with Crippen LogP contribution >= 0.6 is 0 Å². The number of fused-ring (bicyclic) bond motifs is 5. The Morgan fingerprint density at radius 3 is 2.20 bits per heavy atom. The van der Waals surface area contributed by atoms with Crippen molar-refractivity contribution in [3.8, 4) is 0 Å². The lowest BCUT2D eigenvalue weighted by molar-refractivity contribution is -0.337. The molecular formula is C40H62O15. The Hall–Kier alpha value is -1.57. The fourth-order valence-electron chi connectivity index (χ4n) is 12.0. The molecule has 2 saturated heterocycles. The minimum Gasteiger partial charge on any atom is -0.458 e. The van der Waals surface area contributed by atoms with Crippen LogP contribution < -0.4 is 0 Å². The lowest BCUT2D eigenvalue weighted by Crippen LogP contribution is -2.62. The number of aliphatic hydroxyl groups is 9. The summed E-state index contributed by atoms with van der Waals surface area (Å²) in [6.07, 6.45) is -8.00. The van der Waals surface area contributed by atoms with E-state index in [9.17, 15) is 50.8 Å². The van der Waals surface area contributed by atoms with Gasteiger partial charge in [0.25, 0.3) is 0 Å². The van der Waals surface area contributed by atoms with E-state index in [0.29, 0.717) is 36.2 Å². The minimum atomic E-state index is -1.68. The molecule has 0 aromatic carbocycles. The summed E-state index contributed by atoms with van der Waals surface area (Å²) in [5.41, 5.74) is 1.98. The number of rotatable bonds is 9. The van der Waals surface area contributed by atoms with Crippen molar-refractivity contribution in [3.05, 3.63) is 22.8 Å². The molecule has 15 nitrogen and oxygen atoms in total. The van der Waals surface area contributed by atoms with E-state index in [4.69, 9.17) is 23.7 Å². The standard InChI is InChI=1S/C40H62O15/c1-17-11-26(53-36(50)22(17)14-41)18(2)23-7-8-24-21-6-5-19-12-20(13-29(43)40(19,4)25(21)9-10-39(23,24)3)52-38-35(49)33(47)31(45)28(55-38)16-51-37-34(48)32(46)30(44)27(15-42)54-37/h5,18,20-21,23-35,37-38,41-49H,6-16H2,1-4H3/t18-,20+,21-,23+,24-,25-,26+,27+,28+,29-,30+,31+,32-,33-,34+,35+,37?,38+,39+,40-/m0/s1. The summed E-state index contributed by atoms with van der Waals surface area (Å²) in [6.45, 7) is 7.30. The van der Waals surface area contributed by atoms with Gasteiger partial charge in [-0.1, -0.05) is 38.0 Å². The number of hydrogen-bond donors (Lipinski definition) is 9. The van der Waals surface area contributed by atoms with E-state index in [0.717, 1.165) is 43.3 Å². The molecular weight excluding hydrogens is 720 g/mol. The van der Waals surface area contributed by atoms with Crippen LogP contribution in [0.2, 0.25) is 0 Å². The molecule has 0 amide bonds. The number of allylic oxidation sites excluding steroid dienone is 1. The Morgan fingerprint density at radius 1 is 0.855 bits per heavy atom. The van der Waals surface area contributed by atoms with Gasteiger partial charge in [-0.25, -0.2) is 4.79 Å². The predicted octanol–water partition coefficient (Wildman–Crippen LogP) is -0.194. The summed E-state index contributed by atoms with van der Waals surface area (Å²) in [5, 5.41) is 94.0. The second-order valence-corrected chi connectivity index (χ2v) is 18.0. The van der Waals surface area contributed by atoms with E-state index in [2.05, 4.69) is 26.8 Å². The molecule has 1 unspecified atom stereocenters. The Balaban J connectivity index is 1.00. The SMILES string of the molecule is CC1=C(CO)C(=O)O[C@@H]([C@@H](C)[C@H]2CC[C@H]3[C@@H]4CC=C5C[C@@H](O[C@@H]6O[C@H](COC7O[C@H](CO)[C@@H](O)[C@H](O)[C@H]7O)[C@@H](O)[C@H](O)[C@H]6O)C[C@H](O)[C@]5(C)[C@H]4CC[C@]23C)C1. The number of carbonyl (C=O) groups excluding carboxylic acids is 1. The normalized spacial score (nSPS) is 50.7. The molecule has 0 spiro atoms. The van der Waals surface area contributed by atoms with Crippen molar-refractivity contribution in [1.29, 1.82) is 0 Å². The van der Waals surface area contributed by atoms with Crippen LogP contribution in [0.1, 0.15) is 79.1 Å². The maximum atomic E-state index is 12.7. The zero-order valence-corrected chi connectivity index (χ0v) is 32.2. The zero-order chi connectivity index (χ0) is 39.7. The molecule has 7 aliphatic rings. The quantitative estimate of drug-likeness (QED) is 0.109. The first-order valence-electron chi connectivity index (χ1n) is 20.2. The summed E-state index contributed by atoms with van der Waals surface area (Å²) < 4.78 is 29.0. The highest BCUT2D eigenvalue weighted by Crippen LogP contribution is 2.67. The van der Waals surface area contributed by atoms with Gasteiger partial charge in [0, 0.05) is 18.3 Å². The third kappa shape index (κ3) is 7.06. The third-order valence-electron chi connectivity index (χ3n) is 15.4. The van der Waals surface area contributed by atoms with Crippen LogP contribution in [0.15, 0.2) is 22.8 Å². The van der Waals surface area contributed by atoms with Crippen molar-refractivity contribution in [2.24, 2.45) is 40.4 Å². The largest absolute Gasteiger partial charge is 0.458 e. The summed E-state index contributed by atoms with van der Waals surface area (Å²) in [7, 11) is 0. The van der Waals surface area contributed by atoms with Crippen molar-refractivity contribution in [2.45, 2.75) is 159 Å². The van der Waals surface area contributed by atoms with Crippen molar-refractivity contribution >= 4 is 5.97 Å². The van der Waals surface area contributed by atoms with Gasteiger partial charge in [0.05, 0.1) is 37.6 Å². The van der Waals surface area contributed by atoms with Crippen LogP contribution in [0.25, 0.3) is 0 Å². The van der Waals surface area contributed by atoms with E-state index in [1.807, 2.05) is 6.92 Å². The topological polar surface area (TPSA) is 245 Å². The molecule has 55 heavy (non-hydrogen) atoms. The smallest absolute Gasteiger partial charge is 0.336 e. The molecule has 7 rings (SSSR count). The number of esters is 1. The molecule has 3 saturated carbocycles. The van der Waals surface area contributed by atoms with E-state index < -0.39 is 98.2 Å². The van der Waals surface area contributed by atoms with Gasteiger partial charge in [-0.2, -0.15) is 0 Å². The first-order valence-corrected chi connectivity index (χ1v) is 20.2. The highest BCUT2D eigenvalue weighted by atomic mass is 16.7. The third-order valence-corrected chi connectivity index (χ3v) is 15.4. The molecule has 0 radical (unpaired) electrons. The average molecular weight is 783 g/mol. The minimum absolute atomic E-state index is 0.0672. The van der Waals surface area contributed by atoms with Crippen molar-refractivity contribution in [1.82, 2.24) is 0 Å². The maximum absolute atomic E-state index is 12.7. The van der Waals surface area contributed by atoms with Crippen molar-refractivity contribution < 1.29 is 74.4 Å². The molecule has 0 bridgehead atoms. The maximum Gasteiger partial charge on any atom is 0.336 e. The second-order valence-electron chi connectivity index (χ2n) is 18.0. The summed E-state index contributed by atoms with van der Waals surface area (Å²) >= 11 is 0. The highest BCUT2D eigenvalue weighted by Gasteiger charge is 2.62. The van der Waals surface area contributed by atoms with Gasteiger partial charge in [0.15, 0.2) is 12.6 Å². The van der Waals surface area contributed by atoms with Gasteiger partial charge in [-0.15, -0.1) is 0 Å². The summed E-state index contributed by atoms with van der Waals surface area (Å²) in [4.78, 5) is 12.7. The van der Waals surface area contributed by atoms with Crippen LogP contribution in [0, 0.1) is 40.4 Å². The molecule has 9 N–H and O–H groups in total. The van der Waals surface area contributed by atoms with Gasteiger partial charge >= 0.3 is 5.97 Å². The molecule has 0 aromatic heterocycles. The number of carbonyl (C=O) groups is 1. The molecule has 0 aromatic rings. The number of cyclic esters (lactones) is 1. The monoisotopic (exact) mass is 782 g/mol. The lowest BCUT2D eigenvalue weighted by atomic mass is 9.46. The summed E-state index contributed by atoms with van der Waals surface area (Å²) in [5.74, 6) is 1.26. The molecule has 5 fully saturated rings. The van der Waals surface area contributed by atoms with Gasteiger partial charge in [0.1, 0.15) is 54.9 Å². The first kappa shape index (κ1) is 41.6. The predicted molar refractivity (Wildman–Crippen MR) is 191 cm³/mol. The van der Waals surface area contributed by atoms with Crippen LogP contribution in [-0.4, -0.2) is 151 Å². The van der Waals surface area contributed by atoms with Crippen molar-refractivity contribution in [3.63, 3.8) is 0 Å². The lowest BCUT2D eigenvalue weighted by Gasteiger charge is -2.60. The van der Waals surface area contributed by atoms with Crippen LogP contribution in [0.5, 0.6) is 0 Å². The molecule has 20 atom stereocenters. The van der Waals surface area contributed by atoms with Crippen LogP contribution in [0.4, 0.5) is 0 Å². The fourth-order valence-corrected chi connectivity index (χ4v) is 12.0. The molecule has 3 heterocycles. The Kier molecular flexibility index (Phi) is 12.0. The first-order chi connectivity index (χ1) is 26.0. The van der Waals surface area contributed by atoms with Crippen molar-refractivity contribution in [2.75, 3.05) is 19.8 Å². The van der Waals surface area contributed by atoms with Gasteiger partial charge in [-0.05, 0) is 80.5 Å². The Bertz CT molecular complexity index is 1470. The average Bonchev–Trinajstić information content (AvgIpc) is 3.51. The molecule has 3 aliphatic heterocycles. The van der Waals surface area contributed by atoms with Gasteiger partial charge in [0.2, 0.25) is 0 Å².